The van der Waals surface area contributed by atoms with Gasteiger partial charge in [0.15, 0.2) is 5.78 Å². The van der Waals surface area contributed by atoms with Gasteiger partial charge in [0.05, 0.1) is 22.5 Å². The number of rotatable bonds is 3. The molecule has 0 saturated carbocycles. The number of hydrogen-bond donors (Lipinski definition) is 1. The minimum Gasteiger partial charge on any atom is -0.294 e. The predicted octanol–water partition coefficient (Wildman–Crippen LogP) is 5.00. The van der Waals surface area contributed by atoms with Crippen molar-refractivity contribution in [3.05, 3.63) is 82.3 Å². The molecule has 0 saturated heterocycles. The zero-order chi connectivity index (χ0) is 21.5. The summed E-state index contributed by atoms with van der Waals surface area (Å²) in [6, 6.07) is 14.4. The minimum absolute atomic E-state index is 0.0896. The molecule has 1 N–H and O–H groups in total. The molecular formula is C25H23N5O. The average Bonchev–Trinajstić information content (AvgIpc) is 2.75. The number of aryl methyl sites for hydroxylation is 3. The predicted molar refractivity (Wildman–Crippen MR) is 121 cm³/mol. The first-order valence-corrected chi connectivity index (χ1v) is 10.4. The monoisotopic (exact) mass is 409 g/mol. The fourth-order valence-corrected chi connectivity index (χ4v) is 4.18. The van der Waals surface area contributed by atoms with Crippen LogP contribution in [0.2, 0.25) is 0 Å². The lowest BCUT2D eigenvalue weighted by molar-refractivity contribution is 0.0962. The van der Waals surface area contributed by atoms with Gasteiger partial charge in [-0.05, 0) is 44.2 Å². The summed E-state index contributed by atoms with van der Waals surface area (Å²) in [6.07, 6.45) is 2.81. The van der Waals surface area contributed by atoms with Gasteiger partial charge in [-0.3, -0.25) is 10.1 Å². The molecule has 2 aromatic heterocycles. The lowest BCUT2D eigenvalue weighted by atomic mass is 9.82. The number of nitrogens with zero attached hydrogens (tertiary/aromatic N) is 4. The Balaban J connectivity index is 1.46. The van der Waals surface area contributed by atoms with Gasteiger partial charge in [-0.1, -0.05) is 48.0 Å². The number of ketones is 1. The molecule has 0 amide bonds. The molecule has 1 aliphatic carbocycles. The SMILES string of the molecule is Cc1ccc([C@@H]2CC(=O)c3cnc(Nc4nc(C)c5cccc(C)c5n4)nc3C2)cc1. The first kappa shape index (κ1) is 19.3. The smallest absolute Gasteiger partial charge is 0.230 e. The molecule has 4 aromatic rings. The number of fused-ring (bicyclic) bond motifs is 2. The Morgan fingerprint density at radius 2 is 1.71 bits per heavy atom. The molecule has 2 heterocycles. The average molecular weight is 409 g/mol. The maximum atomic E-state index is 12.7. The van der Waals surface area contributed by atoms with Crippen LogP contribution < -0.4 is 5.32 Å². The third-order valence-corrected chi connectivity index (χ3v) is 5.93. The van der Waals surface area contributed by atoms with Crippen LogP contribution in [0.5, 0.6) is 0 Å². The van der Waals surface area contributed by atoms with Crippen molar-refractivity contribution in [2.45, 2.75) is 39.5 Å². The Hall–Kier alpha value is -3.67. The van der Waals surface area contributed by atoms with Gasteiger partial charge in [-0.15, -0.1) is 0 Å². The van der Waals surface area contributed by atoms with E-state index in [0.29, 0.717) is 30.3 Å². The van der Waals surface area contributed by atoms with Crippen LogP contribution in [0.3, 0.4) is 0 Å². The van der Waals surface area contributed by atoms with E-state index in [4.69, 9.17) is 0 Å². The summed E-state index contributed by atoms with van der Waals surface area (Å²) in [7, 11) is 0. The van der Waals surface area contributed by atoms with Crippen LogP contribution in [-0.2, 0) is 6.42 Å². The topological polar surface area (TPSA) is 80.7 Å². The van der Waals surface area contributed by atoms with E-state index in [1.165, 1.54) is 11.1 Å². The van der Waals surface area contributed by atoms with Crippen molar-refractivity contribution in [1.82, 2.24) is 19.9 Å². The fourth-order valence-electron chi connectivity index (χ4n) is 4.18. The lowest BCUT2D eigenvalue weighted by Crippen LogP contribution is -2.21. The Morgan fingerprint density at radius 3 is 2.52 bits per heavy atom. The summed E-state index contributed by atoms with van der Waals surface area (Å²) in [5.74, 6) is 1.08. The van der Waals surface area contributed by atoms with E-state index in [2.05, 4.69) is 56.4 Å². The number of Topliss-reactive ketones (excluding diaryl/α,β-unsaturated/α-hetero) is 1. The maximum absolute atomic E-state index is 12.7. The van der Waals surface area contributed by atoms with Gasteiger partial charge >= 0.3 is 0 Å². The van der Waals surface area contributed by atoms with Crippen LogP contribution in [-0.4, -0.2) is 25.7 Å². The molecule has 2 aromatic carbocycles. The number of carbonyl (C=O) groups is 1. The van der Waals surface area contributed by atoms with Gasteiger partial charge in [-0.2, -0.15) is 0 Å². The molecule has 0 radical (unpaired) electrons. The van der Waals surface area contributed by atoms with E-state index in [9.17, 15) is 4.79 Å². The second kappa shape index (κ2) is 7.54. The molecule has 0 fully saturated rings. The van der Waals surface area contributed by atoms with Crippen LogP contribution in [0.25, 0.3) is 10.9 Å². The number of hydrogen-bond acceptors (Lipinski definition) is 6. The number of para-hydroxylation sites is 1. The van der Waals surface area contributed by atoms with Crippen LogP contribution in [0.15, 0.2) is 48.7 Å². The van der Waals surface area contributed by atoms with Crippen molar-refractivity contribution >= 4 is 28.6 Å². The number of nitrogens with one attached hydrogen (secondary N) is 1. The second-order valence-corrected chi connectivity index (χ2v) is 8.22. The van der Waals surface area contributed by atoms with Crippen LogP contribution in [0.4, 0.5) is 11.9 Å². The van der Waals surface area contributed by atoms with Gasteiger partial charge in [0.25, 0.3) is 0 Å². The van der Waals surface area contributed by atoms with Crippen molar-refractivity contribution in [2.75, 3.05) is 5.32 Å². The molecule has 1 atom stereocenters. The normalized spacial score (nSPS) is 15.7. The molecule has 0 aliphatic heterocycles. The number of benzene rings is 2. The highest BCUT2D eigenvalue weighted by molar-refractivity contribution is 5.98. The van der Waals surface area contributed by atoms with Gasteiger partial charge in [-0.25, -0.2) is 19.9 Å². The number of anilines is 2. The van der Waals surface area contributed by atoms with Gasteiger partial charge < -0.3 is 0 Å². The summed E-state index contributed by atoms with van der Waals surface area (Å²) in [5, 5.41) is 4.17. The van der Waals surface area contributed by atoms with Crippen molar-refractivity contribution < 1.29 is 4.79 Å². The largest absolute Gasteiger partial charge is 0.294 e. The first-order chi connectivity index (χ1) is 15.0. The summed E-state index contributed by atoms with van der Waals surface area (Å²) in [4.78, 5) is 31.0. The molecule has 5 rings (SSSR count). The summed E-state index contributed by atoms with van der Waals surface area (Å²) in [5.41, 5.74) is 6.65. The third kappa shape index (κ3) is 3.65. The van der Waals surface area contributed by atoms with Crippen LogP contribution in [0.1, 0.15) is 50.8 Å². The second-order valence-electron chi connectivity index (χ2n) is 8.22. The van der Waals surface area contributed by atoms with E-state index >= 15 is 0 Å². The maximum Gasteiger partial charge on any atom is 0.230 e. The Bertz CT molecular complexity index is 1310. The van der Waals surface area contributed by atoms with E-state index in [1.807, 2.05) is 32.0 Å². The molecule has 0 unspecified atom stereocenters. The zero-order valence-electron chi connectivity index (χ0n) is 17.8. The molecule has 6 heteroatoms. The number of carbonyl (C=O) groups excluding carboxylic acids is 1. The van der Waals surface area contributed by atoms with Crippen molar-refractivity contribution in [2.24, 2.45) is 0 Å². The molecular weight excluding hydrogens is 386 g/mol. The summed E-state index contributed by atoms with van der Waals surface area (Å²) < 4.78 is 0. The highest BCUT2D eigenvalue weighted by Crippen LogP contribution is 2.32. The first-order valence-electron chi connectivity index (χ1n) is 10.4. The van der Waals surface area contributed by atoms with Gasteiger partial charge in [0, 0.05) is 18.0 Å². The molecule has 0 spiro atoms. The lowest BCUT2D eigenvalue weighted by Gasteiger charge is -2.23. The standard InChI is InChI=1S/C25H23N5O/c1-14-7-9-17(10-8-14)18-11-21-20(22(31)12-18)13-26-24(28-21)30-25-27-16(3)19-6-4-5-15(2)23(19)29-25/h4-10,13,18H,11-12H2,1-3H3,(H,26,27,28,29,30)/t18-/m0/s1. The van der Waals surface area contributed by atoms with Crippen molar-refractivity contribution in [3.63, 3.8) is 0 Å². The van der Waals surface area contributed by atoms with E-state index in [-0.39, 0.29) is 11.7 Å². The molecule has 154 valence electrons. The van der Waals surface area contributed by atoms with Crippen molar-refractivity contribution in [3.8, 4) is 0 Å². The Kier molecular flexibility index (Phi) is 4.70. The Labute approximate surface area is 180 Å². The third-order valence-electron chi connectivity index (χ3n) is 5.93. The highest BCUT2D eigenvalue weighted by atomic mass is 16.1. The minimum atomic E-state index is 0.0896. The molecule has 31 heavy (non-hydrogen) atoms. The van der Waals surface area contributed by atoms with Gasteiger partial charge in [0.1, 0.15) is 0 Å². The fraction of sp³-hybridized carbons (Fsp3) is 0.240. The van der Waals surface area contributed by atoms with E-state index in [1.54, 1.807) is 6.20 Å². The molecule has 6 nitrogen and oxygen atoms in total. The van der Waals surface area contributed by atoms with E-state index in [0.717, 1.165) is 27.9 Å². The highest BCUT2D eigenvalue weighted by Gasteiger charge is 2.28. The summed E-state index contributed by atoms with van der Waals surface area (Å²) in [6.45, 7) is 6.06. The van der Waals surface area contributed by atoms with Crippen LogP contribution >= 0.6 is 0 Å². The van der Waals surface area contributed by atoms with Crippen molar-refractivity contribution in [1.29, 1.82) is 0 Å². The molecule has 0 bridgehead atoms. The van der Waals surface area contributed by atoms with Gasteiger partial charge in [0.2, 0.25) is 11.9 Å². The Morgan fingerprint density at radius 1 is 0.903 bits per heavy atom. The quantitative estimate of drug-likeness (QED) is 0.513. The number of aromatic nitrogens is 4. The van der Waals surface area contributed by atoms with Crippen LogP contribution in [0, 0.1) is 20.8 Å². The van der Waals surface area contributed by atoms with E-state index < -0.39 is 0 Å². The zero-order valence-corrected chi connectivity index (χ0v) is 17.8. The summed E-state index contributed by atoms with van der Waals surface area (Å²) >= 11 is 0. The molecule has 1 aliphatic rings.